The fraction of sp³-hybridized carbons (Fsp3) is 0.273. The first-order valence-corrected chi connectivity index (χ1v) is 9.54. The third kappa shape index (κ3) is 3.86. The number of carbonyl (C=O) groups is 1. The topological polar surface area (TPSA) is 62.2 Å². The van der Waals surface area contributed by atoms with Crippen molar-refractivity contribution in [3.05, 3.63) is 77.9 Å². The Balaban J connectivity index is 1.44. The Morgan fingerprint density at radius 2 is 1.86 bits per heavy atom. The minimum absolute atomic E-state index is 0.0434. The van der Waals surface area contributed by atoms with Crippen molar-refractivity contribution >= 4 is 17.5 Å². The number of hydrogen-bond donors (Lipinski definition) is 0. The molecule has 1 aliphatic rings. The molecule has 3 heterocycles. The van der Waals surface area contributed by atoms with Gasteiger partial charge in [0, 0.05) is 50.6 Å². The van der Waals surface area contributed by atoms with E-state index in [0.717, 1.165) is 38.0 Å². The van der Waals surface area contributed by atoms with Crippen LogP contribution in [0, 0.1) is 0 Å². The molecule has 0 aliphatic carbocycles. The van der Waals surface area contributed by atoms with E-state index in [2.05, 4.69) is 21.0 Å². The molecule has 0 bridgehead atoms. The minimum atomic E-state index is -0.0434. The second-order valence-electron chi connectivity index (χ2n) is 6.99. The second-order valence-corrected chi connectivity index (χ2v) is 6.99. The first-order chi connectivity index (χ1) is 13.7. The van der Waals surface area contributed by atoms with Gasteiger partial charge in [0.2, 0.25) is 5.95 Å². The van der Waals surface area contributed by atoms with E-state index in [1.165, 1.54) is 11.1 Å². The Hall–Kier alpha value is -3.28. The number of aromatic nitrogens is 3. The van der Waals surface area contributed by atoms with Crippen molar-refractivity contribution < 1.29 is 4.79 Å². The highest BCUT2D eigenvalue weighted by molar-refractivity contribution is 6.06. The van der Waals surface area contributed by atoms with Gasteiger partial charge >= 0.3 is 0 Å². The van der Waals surface area contributed by atoms with E-state index >= 15 is 0 Å². The summed E-state index contributed by atoms with van der Waals surface area (Å²) in [5.74, 6) is 0.572. The second kappa shape index (κ2) is 8.17. The lowest BCUT2D eigenvalue weighted by molar-refractivity contribution is 0.0984. The number of para-hydroxylation sites is 1. The summed E-state index contributed by atoms with van der Waals surface area (Å²) >= 11 is 0. The Morgan fingerprint density at radius 1 is 1.11 bits per heavy atom. The van der Waals surface area contributed by atoms with E-state index in [0.29, 0.717) is 11.5 Å². The average Bonchev–Trinajstić information content (AvgIpc) is 2.77. The Morgan fingerprint density at radius 3 is 2.64 bits per heavy atom. The molecular formula is C22H23N5O. The zero-order valence-corrected chi connectivity index (χ0v) is 16.0. The molecule has 6 heteroatoms. The molecule has 0 saturated carbocycles. The van der Waals surface area contributed by atoms with Crippen LogP contribution in [0.5, 0.6) is 0 Å². The highest BCUT2D eigenvalue weighted by Crippen LogP contribution is 2.28. The van der Waals surface area contributed by atoms with Gasteiger partial charge in [-0.05, 0) is 48.6 Å². The molecule has 0 N–H and O–H groups in total. The molecule has 1 aromatic carbocycles. The van der Waals surface area contributed by atoms with Crippen LogP contribution in [-0.4, -0.2) is 41.0 Å². The monoisotopic (exact) mass is 373 g/mol. The van der Waals surface area contributed by atoms with E-state index in [1.54, 1.807) is 24.8 Å². The maximum Gasteiger partial charge on any atom is 0.261 e. The van der Waals surface area contributed by atoms with Gasteiger partial charge in [-0.15, -0.1) is 0 Å². The predicted molar refractivity (Wildman–Crippen MR) is 110 cm³/mol. The number of carbonyl (C=O) groups excluding carboxylic acids is 1. The van der Waals surface area contributed by atoms with Crippen LogP contribution in [-0.2, 0) is 12.8 Å². The molecule has 6 nitrogen and oxygen atoms in total. The predicted octanol–water partition coefficient (Wildman–Crippen LogP) is 3.14. The van der Waals surface area contributed by atoms with Gasteiger partial charge in [0.15, 0.2) is 0 Å². The number of anilines is 2. The number of fused-ring (bicyclic) bond motifs is 1. The lowest BCUT2D eigenvalue weighted by Gasteiger charge is -2.29. The molecule has 2 aromatic heterocycles. The van der Waals surface area contributed by atoms with Gasteiger partial charge in [0.25, 0.3) is 5.91 Å². The summed E-state index contributed by atoms with van der Waals surface area (Å²) in [6.07, 6.45) is 9.72. The Bertz CT molecular complexity index is 943. The van der Waals surface area contributed by atoms with E-state index < -0.39 is 0 Å². The number of pyridine rings is 1. The van der Waals surface area contributed by atoms with Gasteiger partial charge in [-0.1, -0.05) is 18.2 Å². The summed E-state index contributed by atoms with van der Waals surface area (Å²) in [6, 6.07) is 12.1. The van der Waals surface area contributed by atoms with Crippen LogP contribution in [0.25, 0.3) is 0 Å². The maximum absolute atomic E-state index is 13.0. The molecule has 0 spiro atoms. The third-order valence-corrected chi connectivity index (χ3v) is 5.07. The fourth-order valence-corrected chi connectivity index (χ4v) is 3.48. The summed E-state index contributed by atoms with van der Waals surface area (Å²) in [7, 11) is 1.96. The van der Waals surface area contributed by atoms with Crippen LogP contribution < -0.4 is 9.80 Å². The van der Waals surface area contributed by atoms with Crippen LogP contribution in [0.2, 0.25) is 0 Å². The SMILES string of the molecule is CN(CCc1ccncc1)c1ncc(C(=O)N2CCCc3ccccc32)cn1. The van der Waals surface area contributed by atoms with Crippen LogP contribution in [0.1, 0.15) is 27.9 Å². The number of amides is 1. The van der Waals surface area contributed by atoms with Gasteiger partial charge in [0.1, 0.15) is 0 Å². The third-order valence-electron chi connectivity index (χ3n) is 5.07. The molecule has 0 unspecified atom stereocenters. The molecule has 1 amide bonds. The smallest absolute Gasteiger partial charge is 0.261 e. The van der Waals surface area contributed by atoms with Crippen LogP contribution in [0.15, 0.2) is 61.2 Å². The molecule has 1 aliphatic heterocycles. The van der Waals surface area contributed by atoms with Crippen molar-refractivity contribution in [1.29, 1.82) is 0 Å². The maximum atomic E-state index is 13.0. The van der Waals surface area contributed by atoms with Crippen molar-refractivity contribution in [3.8, 4) is 0 Å². The lowest BCUT2D eigenvalue weighted by Crippen LogP contribution is -2.35. The molecule has 3 aromatic rings. The van der Waals surface area contributed by atoms with E-state index in [9.17, 15) is 4.79 Å². The lowest BCUT2D eigenvalue weighted by atomic mass is 10.0. The highest BCUT2D eigenvalue weighted by Gasteiger charge is 2.23. The number of aryl methyl sites for hydroxylation is 1. The number of benzene rings is 1. The summed E-state index contributed by atoms with van der Waals surface area (Å²) in [6.45, 7) is 1.51. The van der Waals surface area contributed by atoms with Crippen molar-refractivity contribution in [2.45, 2.75) is 19.3 Å². The molecule has 4 rings (SSSR count). The van der Waals surface area contributed by atoms with Gasteiger partial charge in [-0.25, -0.2) is 9.97 Å². The molecule has 0 saturated heterocycles. The van der Waals surface area contributed by atoms with Crippen LogP contribution in [0.3, 0.4) is 0 Å². The molecule has 28 heavy (non-hydrogen) atoms. The first kappa shape index (κ1) is 18.1. The number of likely N-dealkylation sites (N-methyl/N-ethyl adjacent to an activating group) is 1. The number of rotatable bonds is 5. The summed E-state index contributed by atoms with van der Waals surface area (Å²) < 4.78 is 0. The first-order valence-electron chi connectivity index (χ1n) is 9.54. The minimum Gasteiger partial charge on any atom is -0.344 e. The standard InChI is InChI=1S/C22H23N5O/c1-26(14-10-17-8-11-23-12-9-17)22-24-15-19(16-25-22)21(28)27-13-4-6-18-5-2-3-7-20(18)27/h2-3,5,7-9,11-12,15-16H,4,6,10,13-14H2,1H3. The zero-order valence-electron chi connectivity index (χ0n) is 16.0. The average molecular weight is 373 g/mol. The summed E-state index contributed by atoms with van der Waals surface area (Å²) in [5.41, 5.74) is 3.95. The molecule has 142 valence electrons. The van der Waals surface area contributed by atoms with Crippen LogP contribution in [0.4, 0.5) is 11.6 Å². The largest absolute Gasteiger partial charge is 0.344 e. The van der Waals surface area contributed by atoms with Crippen molar-refractivity contribution in [2.75, 3.05) is 29.9 Å². The van der Waals surface area contributed by atoms with E-state index in [1.807, 2.05) is 47.2 Å². The highest BCUT2D eigenvalue weighted by atomic mass is 16.2. The molecule has 0 radical (unpaired) electrons. The zero-order chi connectivity index (χ0) is 19.3. The van der Waals surface area contributed by atoms with E-state index in [-0.39, 0.29) is 5.91 Å². The number of hydrogen-bond acceptors (Lipinski definition) is 5. The fourth-order valence-electron chi connectivity index (χ4n) is 3.48. The molecular weight excluding hydrogens is 350 g/mol. The van der Waals surface area contributed by atoms with E-state index in [4.69, 9.17) is 0 Å². The summed E-state index contributed by atoms with van der Waals surface area (Å²) in [5, 5.41) is 0. The molecule has 0 fully saturated rings. The molecule has 0 atom stereocenters. The Labute approximate surface area is 164 Å². The summed E-state index contributed by atoms with van der Waals surface area (Å²) in [4.78, 5) is 29.7. The number of nitrogens with zero attached hydrogens (tertiary/aromatic N) is 5. The van der Waals surface area contributed by atoms with Gasteiger partial charge in [0.05, 0.1) is 5.56 Å². The normalized spacial score (nSPS) is 13.1. The quantitative estimate of drug-likeness (QED) is 0.688. The van der Waals surface area contributed by atoms with Crippen LogP contribution >= 0.6 is 0 Å². The van der Waals surface area contributed by atoms with Gasteiger partial charge < -0.3 is 9.80 Å². The van der Waals surface area contributed by atoms with Gasteiger partial charge in [-0.2, -0.15) is 0 Å². The van der Waals surface area contributed by atoms with Crippen molar-refractivity contribution in [1.82, 2.24) is 15.0 Å². The Kier molecular flexibility index (Phi) is 5.28. The van der Waals surface area contributed by atoms with Crippen molar-refractivity contribution in [3.63, 3.8) is 0 Å². The van der Waals surface area contributed by atoms with Crippen molar-refractivity contribution in [2.24, 2.45) is 0 Å². The van der Waals surface area contributed by atoms with Gasteiger partial charge in [-0.3, -0.25) is 9.78 Å².